The number of hydrogen-bond donors (Lipinski definition) is 0. The topological polar surface area (TPSA) is 56.5 Å². The summed E-state index contributed by atoms with van der Waals surface area (Å²) < 4.78 is 7.21. The first kappa shape index (κ1) is 37.5. The van der Waals surface area contributed by atoms with Crippen molar-refractivity contribution in [3.8, 4) is 73.5 Å². The number of aromatic nitrogens is 5. The highest BCUT2D eigenvalue weighted by Crippen LogP contribution is 2.43. The molecule has 0 aliphatic rings. The zero-order valence-corrected chi connectivity index (χ0v) is 36.4. The monoisotopic (exact) mass is 865 g/mol. The quantitative estimate of drug-likeness (QED) is 0.160. The third-order valence-corrected chi connectivity index (χ3v) is 14.8. The van der Waals surface area contributed by atoms with E-state index in [-0.39, 0.29) is 0 Å². The lowest BCUT2D eigenvalue weighted by Gasteiger charge is -2.10. The van der Waals surface area contributed by atoms with Gasteiger partial charge in [0.2, 0.25) is 0 Å². The summed E-state index contributed by atoms with van der Waals surface area (Å²) in [6.07, 6.45) is 0. The third-order valence-electron chi connectivity index (χ3n) is 12.3. The SMILES string of the molecule is c1ccc(-c2nc(-c3ccc(-c4cccc5c4sc4ccc(-c6ccc(-c7nc8ccccc8n7-c7ccccc7)cc6)cc45)cc3)nc(-c3cccc4c3sc3ccccc34)n2)cc1. The van der Waals surface area contributed by atoms with E-state index >= 15 is 0 Å². The minimum absolute atomic E-state index is 0.647. The van der Waals surface area contributed by atoms with Crippen molar-refractivity contribution in [2.75, 3.05) is 0 Å². The zero-order chi connectivity index (χ0) is 42.8. The van der Waals surface area contributed by atoms with Gasteiger partial charge in [0.1, 0.15) is 5.82 Å². The van der Waals surface area contributed by atoms with Gasteiger partial charge in [0.25, 0.3) is 0 Å². The molecule has 0 N–H and O–H groups in total. The number of rotatable bonds is 7. The summed E-state index contributed by atoms with van der Waals surface area (Å²) in [6, 6.07) is 75.0. The molecule has 0 saturated carbocycles. The molecule has 9 aromatic carbocycles. The standard InChI is InChI=1S/C58H35N5S2/c1-3-13-38(14-4-1)55-60-56(62-57(61-55)47-21-12-19-45-44-17-7-10-24-51(44)64-54(45)47)39-29-27-37(28-30-39)43-18-11-20-46-48-35-41(33-34-52(48)65-53(43)46)36-25-31-40(32-26-36)58-59-49-22-8-9-23-50(49)63(58)42-15-5-2-6-16-42/h1-35H. The molecule has 0 aliphatic heterocycles. The highest BCUT2D eigenvalue weighted by Gasteiger charge is 2.19. The van der Waals surface area contributed by atoms with Crippen molar-refractivity contribution in [3.05, 3.63) is 212 Å². The fraction of sp³-hybridized carbons (Fsp3) is 0. The van der Waals surface area contributed by atoms with Crippen molar-refractivity contribution >= 4 is 74.1 Å². The van der Waals surface area contributed by atoms with Crippen molar-refractivity contribution < 1.29 is 0 Å². The van der Waals surface area contributed by atoms with Gasteiger partial charge in [-0.05, 0) is 70.8 Å². The summed E-state index contributed by atoms with van der Waals surface area (Å²) in [5.41, 5.74) is 11.9. The molecule has 65 heavy (non-hydrogen) atoms. The van der Waals surface area contributed by atoms with Gasteiger partial charge in [0, 0.05) is 68.3 Å². The van der Waals surface area contributed by atoms with Crippen LogP contribution in [-0.4, -0.2) is 24.5 Å². The summed E-state index contributed by atoms with van der Waals surface area (Å²) in [5, 5.41) is 4.98. The number of nitrogens with zero attached hydrogens (tertiary/aromatic N) is 5. The molecule has 0 radical (unpaired) electrons. The van der Waals surface area contributed by atoms with Gasteiger partial charge in [-0.15, -0.1) is 22.7 Å². The molecule has 4 heterocycles. The fourth-order valence-corrected chi connectivity index (χ4v) is 11.6. The lowest BCUT2D eigenvalue weighted by atomic mass is 9.99. The summed E-state index contributed by atoms with van der Waals surface area (Å²) in [6.45, 7) is 0. The molecule has 4 aromatic heterocycles. The van der Waals surface area contributed by atoms with Crippen LogP contribution in [0.1, 0.15) is 0 Å². The Morgan fingerprint density at radius 2 is 0.862 bits per heavy atom. The second-order valence-electron chi connectivity index (χ2n) is 16.2. The maximum atomic E-state index is 5.16. The van der Waals surface area contributed by atoms with E-state index in [1.807, 2.05) is 41.7 Å². The fourth-order valence-electron chi connectivity index (χ4n) is 9.14. The van der Waals surface area contributed by atoms with Gasteiger partial charge in [-0.1, -0.05) is 164 Å². The highest BCUT2D eigenvalue weighted by molar-refractivity contribution is 7.26. The Kier molecular flexibility index (Phi) is 8.82. The van der Waals surface area contributed by atoms with Crippen LogP contribution in [0.3, 0.4) is 0 Å². The molecule has 7 heteroatoms. The van der Waals surface area contributed by atoms with Crippen LogP contribution in [0.2, 0.25) is 0 Å². The molecular formula is C58H35N5S2. The Morgan fingerprint density at radius 3 is 1.65 bits per heavy atom. The Balaban J connectivity index is 0.845. The van der Waals surface area contributed by atoms with Gasteiger partial charge in [0.05, 0.1) is 11.0 Å². The van der Waals surface area contributed by atoms with Crippen molar-refractivity contribution in [1.82, 2.24) is 24.5 Å². The predicted molar refractivity (Wildman–Crippen MR) is 273 cm³/mol. The van der Waals surface area contributed by atoms with E-state index in [4.69, 9.17) is 19.9 Å². The average molecular weight is 866 g/mol. The third kappa shape index (κ3) is 6.43. The first-order valence-corrected chi connectivity index (χ1v) is 23.3. The molecule has 0 bridgehead atoms. The van der Waals surface area contributed by atoms with Gasteiger partial charge >= 0.3 is 0 Å². The molecule has 5 nitrogen and oxygen atoms in total. The van der Waals surface area contributed by atoms with E-state index in [1.165, 1.54) is 57.0 Å². The molecule has 0 aliphatic carbocycles. The van der Waals surface area contributed by atoms with E-state index in [0.29, 0.717) is 17.5 Å². The largest absolute Gasteiger partial charge is 0.292 e. The van der Waals surface area contributed by atoms with Crippen LogP contribution in [0.15, 0.2) is 212 Å². The predicted octanol–water partition coefficient (Wildman–Crippen LogP) is 15.9. The van der Waals surface area contributed by atoms with Gasteiger partial charge in [-0.3, -0.25) is 4.57 Å². The van der Waals surface area contributed by atoms with Crippen LogP contribution in [-0.2, 0) is 0 Å². The number of hydrogen-bond acceptors (Lipinski definition) is 6. The molecule has 0 atom stereocenters. The summed E-state index contributed by atoms with van der Waals surface area (Å²) in [4.78, 5) is 20.4. The lowest BCUT2D eigenvalue weighted by Crippen LogP contribution is -2.00. The molecule has 13 aromatic rings. The average Bonchev–Trinajstić information content (AvgIpc) is 4.08. The van der Waals surface area contributed by atoms with Gasteiger partial charge < -0.3 is 0 Å². The van der Waals surface area contributed by atoms with E-state index in [9.17, 15) is 0 Å². The second kappa shape index (κ2) is 15.3. The van der Waals surface area contributed by atoms with E-state index < -0.39 is 0 Å². The van der Waals surface area contributed by atoms with E-state index in [1.54, 1.807) is 11.3 Å². The summed E-state index contributed by atoms with van der Waals surface area (Å²) in [7, 11) is 0. The maximum absolute atomic E-state index is 5.16. The molecular weight excluding hydrogens is 831 g/mol. The zero-order valence-electron chi connectivity index (χ0n) is 34.8. The van der Waals surface area contributed by atoms with Crippen molar-refractivity contribution in [2.24, 2.45) is 0 Å². The lowest BCUT2D eigenvalue weighted by molar-refractivity contribution is 1.08. The molecule has 0 saturated heterocycles. The Hall–Kier alpha value is -8.10. The smallest absolute Gasteiger partial charge is 0.165 e. The van der Waals surface area contributed by atoms with Crippen LogP contribution in [0.25, 0.3) is 125 Å². The molecule has 0 amide bonds. The van der Waals surface area contributed by atoms with Crippen LogP contribution >= 0.6 is 22.7 Å². The van der Waals surface area contributed by atoms with Crippen molar-refractivity contribution in [3.63, 3.8) is 0 Å². The molecule has 0 fully saturated rings. The first-order chi connectivity index (χ1) is 32.2. The number of benzene rings is 9. The number of fused-ring (bicyclic) bond motifs is 7. The Bertz CT molecular complexity index is 3930. The second-order valence-corrected chi connectivity index (χ2v) is 18.3. The minimum Gasteiger partial charge on any atom is -0.292 e. The number of thiophene rings is 2. The Morgan fingerprint density at radius 1 is 0.323 bits per heavy atom. The van der Waals surface area contributed by atoms with Crippen molar-refractivity contribution in [1.29, 1.82) is 0 Å². The normalized spacial score (nSPS) is 11.7. The van der Waals surface area contributed by atoms with Crippen LogP contribution in [0.5, 0.6) is 0 Å². The summed E-state index contributed by atoms with van der Waals surface area (Å²) in [5.74, 6) is 2.90. The molecule has 13 rings (SSSR count). The Labute approximate surface area is 382 Å². The maximum Gasteiger partial charge on any atom is 0.165 e. The van der Waals surface area contributed by atoms with Crippen LogP contribution < -0.4 is 0 Å². The van der Waals surface area contributed by atoms with E-state index in [2.05, 4.69) is 187 Å². The van der Waals surface area contributed by atoms with Crippen LogP contribution in [0, 0.1) is 0 Å². The van der Waals surface area contributed by atoms with E-state index in [0.717, 1.165) is 50.4 Å². The van der Waals surface area contributed by atoms with Gasteiger partial charge in [-0.25, -0.2) is 19.9 Å². The summed E-state index contributed by atoms with van der Waals surface area (Å²) >= 11 is 3.63. The highest BCUT2D eigenvalue weighted by atomic mass is 32.1. The number of imidazole rings is 1. The van der Waals surface area contributed by atoms with Gasteiger partial charge in [0.15, 0.2) is 17.5 Å². The van der Waals surface area contributed by atoms with Gasteiger partial charge in [-0.2, -0.15) is 0 Å². The van der Waals surface area contributed by atoms with Crippen LogP contribution in [0.4, 0.5) is 0 Å². The molecule has 0 unspecified atom stereocenters. The number of para-hydroxylation sites is 3. The minimum atomic E-state index is 0.647. The molecule has 304 valence electrons. The van der Waals surface area contributed by atoms with Crippen molar-refractivity contribution in [2.45, 2.75) is 0 Å². The molecule has 0 spiro atoms. The first-order valence-electron chi connectivity index (χ1n) is 21.6.